The molecule has 0 saturated heterocycles. The van der Waals surface area contributed by atoms with Crippen molar-refractivity contribution in [2.75, 3.05) is 28.4 Å². The number of rotatable bonds is 10. The second-order valence-corrected chi connectivity index (χ2v) is 7.50. The van der Waals surface area contributed by atoms with Crippen LogP contribution in [-0.2, 0) is 18.9 Å². The second kappa shape index (κ2) is 8.88. The van der Waals surface area contributed by atoms with Crippen LogP contribution < -0.4 is 0 Å². The summed E-state index contributed by atoms with van der Waals surface area (Å²) in [6.45, 7) is 10.4. The van der Waals surface area contributed by atoms with Crippen molar-refractivity contribution in [1.29, 1.82) is 10.5 Å². The summed E-state index contributed by atoms with van der Waals surface area (Å²) in [7, 11) is 5.92. The summed E-state index contributed by atoms with van der Waals surface area (Å²) in [6.07, 6.45) is 0. The van der Waals surface area contributed by atoms with Crippen molar-refractivity contribution < 1.29 is 18.9 Å². The lowest BCUT2D eigenvalue weighted by Crippen LogP contribution is -2.54. The molecule has 0 aromatic heterocycles. The fraction of sp³-hybridized carbons (Fsp3) is 0.889. The van der Waals surface area contributed by atoms with Gasteiger partial charge in [0.25, 0.3) is 0 Å². The minimum atomic E-state index is -1.28. The highest BCUT2D eigenvalue weighted by Crippen LogP contribution is 2.33. The predicted molar refractivity (Wildman–Crippen MR) is 96.7 cm³/mol. The van der Waals surface area contributed by atoms with Crippen LogP contribution in [0, 0.1) is 22.7 Å². The Kier molecular flexibility index (Phi) is 8.34. The number of nitriles is 2. The van der Waals surface area contributed by atoms with Crippen molar-refractivity contribution in [3.63, 3.8) is 0 Å². The van der Waals surface area contributed by atoms with E-state index >= 15 is 0 Å². The molecule has 0 aliphatic carbocycles. The molecule has 0 amide bonds. The molecule has 0 aromatic rings. The maximum absolute atomic E-state index is 9.60. The van der Waals surface area contributed by atoms with E-state index in [1.165, 1.54) is 28.4 Å². The molecule has 4 atom stereocenters. The van der Waals surface area contributed by atoms with Gasteiger partial charge in [0.1, 0.15) is 12.1 Å². The second-order valence-electron chi connectivity index (χ2n) is 7.50. The Morgan fingerprint density at radius 2 is 0.885 bits per heavy atom. The van der Waals surface area contributed by atoms with Crippen LogP contribution in [-0.4, -0.2) is 62.9 Å². The zero-order chi connectivity index (χ0) is 20.8. The first-order valence-corrected chi connectivity index (χ1v) is 8.27. The summed E-state index contributed by atoms with van der Waals surface area (Å²) in [4.78, 5) is 0. The average Bonchev–Trinajstić information content (AvgIpc) is 2.63. The molecule has 0 saturated carbocycles. The molecule has 0 fully saturated rings. The zero-order valence-corrected chi connectivity index (χ0v) is 17.6. The number of hydrogen-bond acceptors (Lipinski definition) is 8. The van der Waals surface area contributed by atoms with E-state index in [-0.39, 0.29) is 0 Å². The minimum Gasteiger partial charge on any atom is -0.376 e. The van der Waals surface area contributed by atoms with Crippen LogP contribution in [0.5, 0.6) is 0 Å². The van der Waals surface area contributed by atoms with Gasteiger partial charge in [-0.05, 0) is 41.5 Å². The normalized spacial score (nSPS) is 19.8. The summed E-state index contributed by atoms with van der Waals surface area (Å²) in [6, 6.07) is 2.74. The van der Waals surface area contributed by atoms with Crippen molar-refractivity contribution in [3.8, 4) is 12.1 Å². The molecule has 148 valence electrons. The van der Waals surface area contributed by atoms with Crippen LogP contribution in [0.25, 0.3) is 0 Å². The third-order valence-corrected chi connectivity index (χ3v) is 5.00. The molecule has 0 spiro atoms. The predicted octanol–water partition coefficient (Wildman–Crippen LogP) is 2.88. The molecule has 0 bridgehead atoms. The highest BCUT2D eigenvalue weighted by molar-refractivity contribution is 5.14. The number of methoxy groups -OCH3 is 4. The summed E-state index contributed by atoms with van der Waals surface area (Å²) >= 11 is 0. The van der Waals surface area contributed by atoms with Crippen molar-refractivity contribution in [1.82, 2.24) is 0 Å². The Balaban J connectivity index is 6.31. The third-order valence-electron chi connectivity index (χ3n) is 5.00. The van der Waals surface area contributed by atoms with E-state index < -0.39 is 34.5 Å². The van der Waals surface area contributed by atoms with Crippen LogP contribution in [0.15, 0.2) is 10.2 Å². The quantitative estimate of drug-likeness (QED) is 0.548. The Morgan fingerprint density at radius 1 is 0.615 bits per heavy atom. The molecule has 26 heavy (non-hydrogen) atoms. The number of azo groups is 1. The molecule has 4 unspecified atom stereocenters. The molecular weight excluding hydrogens is 336 g/mol. The number of ether oxygens (including phenoxy) is 4. The van der Waals surface area contributed by atoms with E-state index in [0.29, 0.717) is 0 Å². The summed E-state index contributed by atoms with van der Waals surface area (Å²) < 4.78 is 21.8. The van der Waals surface area contributed by atoms with Gasteiger partial charge in [-0.15, -0.1) is 0 Å². The Labute approximate surface area is 157 Å². The molecule has 0 rings (SSSR count). The standard InChI is InChI=1S/C18H32N4O4/c1-15(2,23-7)13(17(5,11-19)25-9)21-22-14(16(3,4)24-8)18(6,12-20)26-10/h13-14H,1-10H3/b22-21+. The minimum absolute atomic E-state index is 0.759. The van der Waals surface area contributed by atoms with Gasteiger partial charge in [0, 0.05) is 28.4 Å². The molecule has 8 nitrogen and oxygen atoms in total. The van der Waals surface area contributed by atoms with Crippen molar-refractivity contribution in [2.24, 2.45) is 10.2 Å². The largest absolute Gasteiger partial charge is 0.376 e. The van der Waals surface area contributed by atoms with Crippen molar-refractivity contribution in [2.45, 2.75) is 76.0 Å². The summed E-state index contributed by atoms with van der Waals surface area (Å²) in [5, 5.41) is 28.0. The molecule has 0 aromatic carbocycles. The van der Waals surface area contributed by atoms with E-state index in [9.17, 15) is 10.5 Å². The average molecular weight is 368 g/mol. The fourth-order valence-electron chi connectivity index (χ4n) is 2.62. The van der Waals surface area contributed by atoms with Crippen molar-refractivity contribution >= 4 is 0 Å². The molecule has 0 radical (unpaired) electrons. The van der Waals surface area contributed by atoms with E-state index in [4.69, 9.17) is 18.9 Å². The van der Waals surface area contributed by atoms with Crippen LogP contribution in [0.2, 0.25) is 0 Å². The number of hydrogen-bond donors (Lipinski definition) is 0. The van der Waals surface area contributed by atoms with Crippen LogP contribution in [0.4, 0.5) is 0 Å². The fourth-order valence-corrected chi connectivity index (χ4v) is 2.62. The van der Waals surface area contributed by atoms with Gasteiger partial charge in [0.2, 0.25) is 0 Å². The monoisotopic (exact) mass is 368 g/mol. The Bertz CT molecular complexity index is 529. The summed E-state index contributed by atoms with van der Waals surface area (Å²) in [5.74, 6) is 0. The molecule has 0 heterocycles. The zero-order valence-electron chi connectivity index (χ0n) is 17.6. The Morgan fingerprint density at radius 3 is 1.04 bits per heavy atom. The lowest BCUT2D eigenvalue weighted by atomic mass is 9.84. The first-order valence-electron chi connectivity index (χ1n) is 8.27. The number of nitrogens with zero attached hydrogens (tertiary/aromatic N) is 4. The van der Waals surface area contributed by atoms with E-state index in [1.807, 2.05) is 0 Å². The van der Waals surface area contributed by atoms with Crippen LogP contribution >= 0.6 is 0 Å². The van der Waals surface area contributed by atoms with Gasteiger partial charge >= 0.3 is 0 Å². The van der Waals surface area contributed by atoms with Gasteiger partial charge in [0.05, 0.1) is 23.3 Å². The van der Waals surface area contributed by atoms with Gasteiger partial charge in [-0.2, -0.15) is 20.8 Å². The van der Waals surface area contributed by atoms with E-state index in [0.717, 1.165) is 0 Å². The van der Waals surface area contributed by atoms with Gasteiger partial charge < -0.3 is 18.9 Å². The van der Waals surface area contributed by atoms with Crippen LogP contribution in [0.3, 0.4) is 0 Å². The Hall–Kier alpha value is -1.58. The molecule has 8 heteroatoms. The first kappa shape index (κ1) is 24.4. The smallest absolute Gasteiger partial charge is 0.177 e. The maximum Gasteiger partial charge on any atom is 0.177 e. The van der Waals surface area contributed by atoms with Gasteiger partial charge in [-0.25, -0.2) is 0 Å². The van der Waals surface area contributed by atoms with Crippen molar-refractivity contribution in [3.05, 3.63) is 0 Å². The van der Waals surface area contributed by atoms with Gasteiger partial charge in [-0.1, -0.05) is 0 Å². The molecular formula is C18H32N4O4. The summed E-state index contributed by atoms with van der Waals surface area (Å²) in [5.41, 5.74) is -4.24. The maximum atomic E-state index is 9.60. The molecule has 0 N–H and O–H groups in total. The van der Waals surface area contributed by atoms with E-state index in [1.54, 1.807) is 41.5 Å². The van der Waals surface area contributed by atoms with Gasteiger partial charge in [-0.3, -0.25) is 0 Å². The third kappa shape index (κ3) is 4.99. The molecule has 0 aliphatic rings. The van der Waals surface area contributed by atoms with Gasteiger partial charge in [0.15, 0.2) is 11.2 Å². The topological polar surface area (TPSA) is 109 Å². The lowest BCUT2D eigenvalue weighted by molar-refractivity contribution is -0.0859. The lowest BCUT2D eigenvalue weighted by Gasteiger charge is -2.40. The first-order chi connectivity index (χ1) is 11.8. The molecule has 0 aliphatic heterocycles. The highest BCUT2D eigenvalue weighted by Gasteiger charge is 2.49. The van der Waals surface area contributed by atoms with Crippen LogP contribution in [0.1, 0.15) is 41.5 Å². The highest BCUT2D eigenvalue weighted by atomic mass is 16.5. The van der Waals surface area contributed by atoms with E-state index in [2.05, 4.69) is 22.4 Å². The SMILES string of the molecule is COC(C)(C)C(/N=N/C(C(C)(C)OC)C(C)(C#N)OC)C(C)(C#N)OC.